The fourth-order valence-electron chi connectivity index (χ4n) is 14.0. The highest BCUT2D eigenvalue weighted by Crippen LogP contribution is 2.51. The summed E-state index contributed by atoms with van der Waals surface area (Å²) in [6, 6.07) is 95.7. The minimum Gasteiger partial charge on any atom is -0.458 e. The fourth-order valence-corrected chi connectivity index (χ4v) is 15.2. The Balaban J connectivity index is 0.926. The van der Waals surface area contributed by atoms with Crippen molar-refractivity contribution in [1.29, 1.82) is 0 Å². The molecule has 14 aromatic rings. The number of nitrogens with zero attached hydrogens (tertiary/aromatic N) is 3. The zero-order valence-electron chi connectivity index (χ0n) is 43.0. The van der Waals surface area contributed by atoms with Crippen LogP contribution in [0.15, 0.2) is 271 Å². The number of rotatable bonds is 5. The number of hydrogen-bond donors (Lipinski definition) is 0. The first-order valence-electron chi connectivity index (χ1n) is 27.5. The summed E-state index contributed by atoms with van der Waals surface area (Å²) in [5, 5.41) is 4.97. The lowest BCUT2D eigenvalue weighted by Gasteiger charge is -2.41. The normalized spacial score (nSPS) is 13.3. The minimum absolute atomic E-state index is 0.0681. The van der Waals surface area contributed by atoms with Crippen molar-refractivity contribution in [2.24, 2.45) is 0 Å². The zero-order chi connectivity index (χ0) is 52.2. The van der Waals surface area contributed by atoms with Gasteiger partial charge in [-0.1, -0.05) is 187 Å². The lowest BCUT2D eigenvalue weighted by Crippen LogP contribution is -2.59. The summed E-state index contributed by atoms with van der Waals surface area (Å²) in [7, 11) is 0. The number of anilines is 3. The first kappa shape index (κ1) is 44.1. The van der Waals surface area contributed by atoms with E-state index >= 15 is 0 Å². The van der Waals surface area contributed by atoms with Gasteiger partial charge in [-0.2, -0.15) is 0 Å². The maximum atomic E-state index is 7.29. The van der Waals surface area contributed by atoms with Crippen molar-refractivity contribution < 1.29 is 9.47 Å². The van der Waals surface area contributed by atoms with E-state index in [0.717, 1.165) is 90.1 Å². The van der Waals surface area contributed by atoms with Crippen LogP contribution in [0.5, 0.6) is 23.0 Å². The molecule has 0 fully saturated rings. The first-order valence-corrected chi connectivity index (χ1v) is 28.3. The molecule has 0 spiro atoms. The number of para-hydroxylation sites is 7. The van der Waals surface area contributed by atoms with E-state index in [1.165, 1.54) is 69.8 Å². The zero-order valence-corrected chi connectivity index (χ0v) is 43.9. The van der Waals surface area contributed by atoms with E-state index in [9.17, 15) is 0 Å². The van der Waals surface area contributed by atoms with E-state index in [0.29, 0.717) is 0 Å². The van der Waals surface area contributed by atoms with Gasteiger partial charge in [0, 0.05) is 70.8 Å². The highest BCUT2D eigenvalue weighted by Gasteiger charge is 2.45. The van der Waals surface area contributed by atoms with Gasteiger partial charge in [0.1, 0.15) is 23.0 Å². The van der Waals surface area contributed by atoms with Gasteiger partial charge in [0.25, 0.3) is 6.71 Å². The van der Waals surface area contributed by atoms with Crippen LogP contribution in [0, 0.1) is 0 Å². The molecule has 5 nitrogen and oxygen atoms in total. The van der Waals surface area contributed by atoms with E-state index < -0.39 is 0 Å². The standard InChI is InChI=1S/C72H43B2N3O2S/c1-3-19-44(20-4-1)69-53(43-66-71-72(69)79-65-34-18-12-28-56(65)74(71)55-27-11-17-33-64(55)78-66)45-39-63-70-68(40-45)80-67-42-48(77-60-31-15-9-25-51(60)52-26-10-16-32-61(52)77)36-38-57(67)73(70)54-37-35-47(41-62(54)75(63)46-21-5-2-6-22-46)76-58-29-13-7-23-49(58)50-24-8-14-30-59(50)76/h1-43H. The lowest BCUT2D eigenvalue weighted by atomic mass is 9.34. The minimum atomic E-state index is -0.0709. The third kappa shape index (κ3) is 6.22. The first-order chi connectivity index (χ1) is 39.7. The maximum Gasteiger partial charge on any atom is 0.260 e. The van der Waals surface area contributed by atoms with Crippen LogP contribution in [0.3, 0.4) is 0 Å². The van der Waals surface area contributed by atoms with Gasteiger partial charge in [0.05, 0.1) is 22.1 Å². The van der Waals surface area contributed by atoms with Crippen molar-refractivity contribution in [3.05, 3.63) is 261 Å². The third-order valence-electron chi connectivity index (χ3n) is 17.3. The van der Waals surface area contributed by atoms with Gasteiger partial charge in [-0.05, 0) is 130 Å². The quantitative estimate of drug-likeness (QED) is 0.161. The Bertz CT molecular complexity index is 4860. The number of ether oxygens (including phenoxy) is 2. The monoisotopic (exact) mass is 1040 g/mol. The molecule has 0 amide bonds. The molecule has 0 unspecified atom stereocenters. The summed E-state index contributed by atoms with van der Waals surface area (Å²) in [4.78, 5) is 4.99. The van der Waals surface area contributed by atoms with Crippen LogP contribution in [-0.4, -0.2) is 22.6 Å². The fraction of sp³-hybridized carbons (Fsp3) is 0. The molecule has 0 saturated heterocycles. The number of fused-ring (bicyclic) bond motifs is 14. The molecule has 0 aliphatic carbocycles. The van der Waals surface area contributed by atoms with Crippen molar-refractivity contribution in [1.82, 2.24) is 9.13 Å². The summed E-state index contributed by atoms with van der Waals surface area (Å²) in [6.45, 7) is -0.139. The van der Waals surface area contributed by atoms with Gasteiger partial charge in [-0.15, -0.1) is 0 Å². The van der Waals surface area contributed by atoms with Gasteiger partial charge in [0.2, 0.25) is 6.71 Å². The molecule has 0 N–H and O–H groups in total. The van der Waals surface area contributed by atoms with Crippen LogP contribution in [0.4, 0.5) is 17.1 Å². The predicted molar refractivity (Wildman–Crippen MR) is 334 cm³/mol. The largest absolute Gasteiger partial charge is 0.458 e. The Morgan fingerprint density at radius 3 is 1.46 bits per heavy atom. The molecule has 8 heteroatoms. The predicted octanol–water partition coefficient (Wildman–Crippen LogP) is 14.7. The summed E-state index contributed by atoms with van der Waals surface area (Å²) < 4.78 is 19.3. The average Bonchev–Trinajstić information content (AvgIpc) is 3.99. The molecule has 2 aromatic heterocycles. The Kier molecular flexibility index (Phi) is 9.28. The Morgan fingerprint density at radius 1 is 0.325 bits per heavy atom. The molecule has 12 aromatic carbocycles. The lowest BCUT2D eigenvalue weighted by molar-refractivity contribution is 0.466. The second kappa shape index (κ2) is 16.8. The van der Waals surface area contributed by atoms with Gasteiger partial charge in [-0.3, -0.25) is 0 Å². The van der Waals surface area contributed by atoms with Gasteiger partial charge < -0.3 is 23.5 Å². The number of benzene rings is 12. The van der Waals surface area contributed by atoms with Crippen molar-refractivity contribution >= 4 is 119 Å². The SMILES string of the molecule is c1ccc(-c2c(-c3cc4c5c(c3)N(c3ccccc3)c3cc(-n6c7ccccc7c7ccccc76)ccc3B5c3ccc(-n5c6ccccc6c6ccccc65)cc3S4)cc3c4c2Oc2ccccc2B4c2ccccc2O3)cc1. The van der Waals surface area contributed by atoms with Gasteiger partial charge >= 0.3 is 0 Å². The molecule has 6 heterocycles. The Hall–Kier alpha value is -9.88. The van der Waals surface area contributed by atoms with E-state index in [-0.39, 0.29) is 13.4 Å². The smallest absolute Gasteiger partial charge is 0.260 e. The number of aromatic nitrogens is 2. The van der Waals surface area contributed by atoms with E-state index in [4.69, 9.17) is 9.47 Å². The molecule has 0 radical (unpaired) electrons. The third-order valence-corrected chi connectivity index (χ3v) is 18.4. The molecular formula is C72H43B2N3O2S. The molecule has 4 aliphatic heterocycles. The molecular weight excluding hydrogens is 993 g/mol. The maximum absolute atomic E-state index is 7.29. The van der Waals surface area contributed by atoms with Crippen LogP contribution < -0.4 is 47.2 Å². The second-order valence-electron chi connectivity index (χ2n) is 21.4. The van der Waals surface area contributed by atoms with Crippen molar-refractivity contribution in [3.63, 3.8) is 0 Å². The van der Waals surface area contributed by atoms with Crippen LogP contribution in [-0.2, 0) is 0 Å². The van der Waals surface area contributed by atoms with E-state index in [1.54, 1.807) is 0 Å². The highest BCUT2D eigenvalue weighted by molar-refractivity contribution is 8.00. The summed E-state index contributed by atoms with van der Waals surface area (Å²) in [6.07, 6.45) is 0. The van der Waals surface area contributed by atoms with Gasteiger partial charge in [-0.25, -0.2) is 0 Å². The number of hydrogen-bond acceptors (Lipinski definition) is 4. The average molecular weight is 1040 g/mol. The van der Waals surface area contributed by atoms with Crippen molar-refractivity contribution in [2.75, 3.05) is 4.90 Å². The van der Waals surface area contributed by atoms with Crippen LogP contribution in [0.1, 0.15) is 0 Å². The van der Waals surface area contributed by atoms with E-state index in [1.807, 2.05) is 11.8 Å². The molecule has 0 atom stereocenters. The summed E-state index contributed by atoms with van der Waals surface area (Å²) in [5.41, 5.74) is 21.8. The molecule has 370 valence electrons. The van der Waals surface area contributed by atoms with Crippen LogP contribution >= 0.6 is 11.8 Å². The summed E-state index contributed by atoms with van der Waals surface area (Å²) >= 11 is 1.88. The van der Waals surface area contributed by atoms with Crippen molar-refractivity contribution in [2.45, 2.75) is 9.79 Å². The topological polar surface area (TPSA) is 31.6 Å². The van der Waals surface area contributed by atoms with E-state index in [2.05, 4.69) is 275 Å². The molecule has 18 rings (SSSR count). The Labute approximate surface area is 466 Å². The molecule has 0 saturated carbocycles. The highest BCUT2D eigenvalue weighted by atomic mass is 32.2. The molecule has 0 bridgehead atoms. The van der Waals surface area contributed by atoms with Gasteiger partial charge in [0.15, 0.2) is 0 Å². The Morgan fingerprint density at radius 2 is 0.838 bits per heavy atom. The van der Waals surface area contributed by atoms with Crippen LogP contribution in [0.25, 0.3) is 77.2 Å². The van der Waals surface area contributed by atoms with Crippen molar-refractivity contribution in [3.8, 4) is 56.6 Å². The van der Waals surface area contributed by atoms with Crippen LogP contribution in [0.2, 0.25) is 0 Å². The molecule has 80 heavy (non-hydrogen) atoms. The molecule has 4 aliphatic rings. The second-order valence-corrected chi connectivity index (χ2v) is 22.5. The summed E-state index contributed by atoms with van der Waals surface area (Å²) in [5.74, 6) is 3.38.